The monoisotopic (exact) mass is 398 g/mol. The predicted octanol–water partition coefficient (Wildman–Crippen LogP) is 3.43. The lowest BCUT2D eigenvalue weighted by atomic mass is 10.2. The molecule has 2 aromatic heterocycles. The maximum Gasteiger partial charge on any atom is 0.212 e. The number of carbonyl (C=O) groups excluding carboxylic acids is 1. The lowest BCUT2D eigenvalue weighted by Crippen LogP contribution is -2.46. The molecule has 6 nitrogen and oxygen atoms in total. The second-order valence-corrected chi connectivity index (χ2v) is 8.09. The third kappa shape index (κ3) is 4.20. The van der Waals surface area contributed by atoms with E-state index in [1.807, 2.05) is 11.3 Å². The number of rotatable bonds is 8. The second-order valence-electron chi connectivity index (χ2n) is 7.14. The van der Waals surface area contributed by atoms with Crippen molar-refractivity contribution < 1.29 is 9.53 Å². The summed E-state index contributed by atoms with van der Waals surface area (Å²) in [6.45, 7) is 6.12. The van der Waals surface area contributed by atoms with Crippen molar-refractivity contribution in [1.29, 1.82) is 0 Å². The fraction of sp³-hybridized carbons (Fsp3) is 0.429. The molecule has 0 aliphatic carbocycles. The van der Waals surface area contributed by atoms with Crippen molar-refractivity contribution in [1.82, 2.24) is 14.7 Å². The normalized spacial score (nSPS) is 15.2. The van der Waals surface area contributed by atoms with Crippen molar-refractivity contribution >= 4 is 33.4 Å². The van der Waals surface area contributed by atoms with Gasteiger partial charge >= 0.3 is 0 Å². The highest BCUT2D eigenvalue weighted by Crippen LogP contribution is 2.31. The van der Waals surface area contributed by atoms with Gasteiger partial charge in [-0.15, -0.1) is 11.3 Å². The van der Waals surface area contributed by atoms with Crippen molar-refractivity contribution in [2.45, 2.75) is 12.8 Å². The van der Waals surface area contributed by atoms with E-state index in [2.05, 4.69) is 44.5 Å². The lowest BCUT2D eigenvalue weighted by Gasteiger charge is -2.36. The molecule has 148 valence electrons. The summed E-state index contributed by atoms with van der Waals surface area (Å²) in [6, 6.07) is 10.5. The number of unbranched alkanes of at least 4 members (excludes halogenated alkanes) is 1. The predicted molar refractivity (Wildman–Crippen MR) is 114 cm³/mol. The first kappa shape index (κ1) is 19.0. The highest BCUT2D eigenvalue weighted by molar-refractivity contribution is 7.17. The summed E-state index contributed by atoms with van der Waals surface area (Å²) in [5, 5.41) is 7.62. The van der Waals surface area contributed by atoms with Gasteiger partial charge in [0.25, 0.3) is 0 Å². The van der Waals surface area contributed by atoms with E-state index < -0.39 is 0 Å². The summed E-state index contributed by atoms with van der Waals surface area (Å²) in [5.74, 6) is 0.651. The van der Waals surface area contributed by atoms with Gasteiger partial charge in [0, 0.05) is 55.1 Å². The molecule has 4 rings (SSSR count). The smallest absolute Gasteiger partial charge is 0.212 e. The number of thiophene rings is 1. The van der Waals surface area contributed by atoms with E-state index in [1.165, 1.54) is 15.8 Å². The number of hydrogen-bond donors (Lipinski definition) is 0. The number of fused-ring (bicyclic) bond motifs is 1. The van der Waals surface area contributed by atoms with Gasteiger partial charge in [-0.1, -0.05) is 6.07 Å². The van der Waals surface area contributed by atoms with Gasteiger partial charge in [-0.3, -0.25) is 9.69 Å². The molecule has 3 heterocycles. The van der Waals surface area contributed by atoms with Gasteiger partial charge in [0.2, 0.25) is 5.88 Å². The molecule has 0 atom stereocenters. The maximum absolute atomic E-state index is 10.7. The van der Waals surface area contributed by atoms with Crippen LogP contribution in [0.5, 0.6) is 5.88 Å². The van der Waals surface area contributed by atoms with Gasteiger partial charge in [-0.05, 0) is 43.0 Å². The number of aryl methyl sites for hydroxylation is 1. The Kier molecular flexibility index (Phi) is 5.92. The first-order valence-electron chi connectivity index (χ1n) is 9.80. The minimum atomic E-state index is 0.411. The molecule has 0 amide bonds. The summed E-state index contributed by atoms with van der Waals surface area (Å²) in [4.78, 5) is 15.8. The van der Waals surface area contributed by atoms with E-state index in [9.17, 15) is 4.79 Å². The van der Waals surface area contributed by atoms with Crippen LogP contribution in [0.25, 0.3) is 10.1 Å². The van der Waals surface area contributed by atoms with Crippen molar-refractivity contribution in [3.8, 4) is 5.88 Å². The molecule has 0 bridgehead atoms. The molecule has 1 aromatic carbocycles. The number of benzene rings is 1. The third-order valence-electron chi connectivity index (χ3n) is 5.28. The second kappa shape index (κ2) is 8.75. The van der Waals surface area contributed by atoms with E-state index >= 15 is 0 Å². The summed E-state index contributed by atoms with van der Waals surface area (Å²) in [7, 11) is 1.79. The Morgan fingerprint density at radius 2 is 2.04 bits per heavy atom. The first-order valence-corrected chi connectivity index (χ1v) is 10.7. The number of aldehydes is 1. The molecule has 1 saturated heterocycles. The zero-order chi connectivity index (χ0) is 19.3. The fourth-order valence-corrected chi connectivity index (χ4v) is 4.55. The minimum absolute atomic E-state index is 0.411. The third-order valence-corrected chi connectivity index (χ3v) is 6.16. The summed E-state index contributed by atoms with van der Waals surface area (Å²) >= 11 is 1.81. The molecule has 7 heteroatoms. The van der Waals surface area contributed by atoms with Crippen LogP contribution in [0.4, 0.5) is 5.69 Å². The number of anilines is 1. The number of nitrogens with zero attached hydrogens (tertiary/aromatic N) is 4. The van der Waals surface area contributed by atoms with Crippen molar-refractivity contribution in [3.63, 3.8) is 0 Å². The molecule has 0 N–H and O–H groups in total. The standard InChI is InChI=1S/C21H26N4O2S/c1-23-21(15-17(16-26)22-23)27-13-3-2-8-24-9-11-25(12-10-24)19-5-4-6-20-18(19)7-14-28-20/h4-7,14-16H,2-3,8-13H2,1H3. The van der Waals surface area contributed by atoms with Crippen molar-refractivity contribution in [2.75, 3.05) is 44.2 Å². The Hall–Kier alpha value is -2.38. The molecule has 1 aliphatic rings. The average Bonchev–Trinajstić information content (AvgIpc) is 3.34. The fourth-order valence-electron chi connectivity index (χ4n) is 3.74. The Morgan fingerprint density at radius 3 is 2.82 bits per heavy atom. The van der Waals surface area contributed by atoms with Crippen LogP contribution in [-0.2, 0) is 7.05 Å². The van der Waals surface area contributed by atoms with Crippen molar-refractivity contribution in [2.24, 2.45) is 7.05 Å². The van der Waals surface area contributed by atoms with Gasteiger partial charge < -0.3 is 9.64 Å². The Balaban J connectivity index is 1.18. The van der Waals surface area contributed by atoms with Crippen LogP contribution in [-0.4, -0.2) is 60.3 Å². The quantitative estimate of drug-likeness (QED) is 0.430. The Morgan fingerprint density at radius 1 is 1.18 bits per heavy atom. The molecule has 1 aliphatic heterocycles. The molecule has 0 spiro atoms. The first-order chi connectivity index (χ1) is 13.7. The molecular formula is C21H26N4O2S. The van der Waals surface area contributed by atoms with Gasteiger partial charge in [-0.25, -0.2) is 4.68 Å². The molecule has 3 aromatic rings. The number of carbonyl (C=O) groups is 1. The van der Waals surface area contributed by atoms with Crippen LogP contribution in [0.2, 0.25) is 0 Å². The van der Waals surface area contributed by atoms with Gasteiger partial charge in [0.1, 0.15) is 5.69 Å². The van der Waals surface area contributed by atoms with Crippen molar-refractivity contribution in [3.05, 3.63) is 41.4 Å². The van der Waals surface area contributed by atoms with E-state index in [4.69, 9.17) is 4.74 Å². The Labute approximate surface area is 169 Å². The van der Waals surface area contributed by atoms with Crippen LogP contribution in [0.15, 0.2) is 35.7 Å². The van der Waals surface area contributed by atoms with Gasteiger partial charge in [0.05, 0.1) is 6.61 Å². The summed E-state index contributed by atoms with van der Waals surface area (Å²) < 4.78 is 8.71. The number of hydrogen-bond acceptors (Lipinski definition) is 6. The highest BCUT2D eigenvalue weighted by atomic mass is 32.1. The lowest BCUT2D eigenvalue weighted by molar-refractivity contribution is 0.111. The number of piperazine rings is 1. The van der Waals surface area contributed by atoms with Crippen LogP contribution >= 0.6 is 11.3 Å². The largest absolute Gasteiger partial charge is 0.478 e. The molecule has 0 radical (unpaired) electrons. The topological polar surface area (TPSA) is 50.6 Å². The molecule has 0 unspecified atom stereocenters. The molecule has 1 fully saturated rings. The minimum Gasteiger partial charge on any atom is -0.478 e. The molecule has 28 heavy (non-hydrogen) atoms. The Bertz CT molecular complexity index is 928. The van der Waals surface area contributed by atoms with Gasteiger partial charge in [-0.2, -0.15) is 5.10 Å². The van der Waals surface area contributed by atoms with Crippen LogP contribution in [0.1, 0.15) is 23.3 Å². The maximum atomic E-state index is 10.7. The zero-order valence-corrected chi connectivity index (χ0v) is 17.0. The van der Waals surface area contributed by atoms with E-state index in [0.717, 1.165) is 51.9 Å². The SMILES string of the molecule is Cn1nc(C=O)cc1OCCCCN1CCN(c2cccc3sccc23)CC1. The van der Waals surface area contributed by atoms with E-state index in [-0.39, 0.29) is 0 Å². The summed E-state index contributed by atoms with van der Waals surface area (Å²) in [5.41, 5.74) is 1.78. The molecular weight excluding hydrogens is 372 g/mol. The van der Waals surface area contributed by atoms with Crippen LogP contribution in [0, 0.1) is 0 Å². The average molecular weight is 399 g/mol. The zero-order valence-electron chi connectivity index (χ0n) is 16.2. The summed E-state index contributed by atoms with van der Waals surface area (Å²) in [6.07, 6.45) is 2.85. The molecule has 0 saturated carbocycles. The van der Waals surface area contributed by atoms with Crippen LogP contribution < -0.4 is 9.64 Å². The van der Waals surface area contributed by atoms with E-state index in [0.29, 0.717) is 18.2 Å². The van der Waals surface area contributed by atoms with E-state index in [1.54, 1.807) is 17.8 Å². The number of aromatic nitrogens is 2. The highest BCUT2D eigenvalue weighted by Gasteiger charge is 2.18. The van der Waals surface area contributed by atoms with Gasteiger partial charge in [0.15, 0.2) is 6.29 Å². The van der Waals surface area contributed by atoms with Crippen LogP contribution in [0.3, 0.4) is 0 Å². The number of ether oxygens (including phenoxy) is 1.